The summed E-state index contributed by atoms with van der Waals surface area (Å²) in [5.41, 5.74) is 0.564. The van der Waals surface area contributed by atoms with Crippen LogP contribution in [0.1, 0.15) is 67.7 Å². The molecule has 1 aliphatic carbocycles. The van der Waals surface area contributed by atoms with Gasteiger partial charge in [0.2, 0.25) is 0 Å². The van der Waals surface area contributed by atoms with Crippen molar-refractivity contribution in [3.05, 3.63) is 0 Å². The molecule has 0 spiro atoms. The van der Waals surface area contributed by atoms with Gasteiger partial charge in [-0.25, -0.2) is 0 Å². The maximum atomic E-state index is 2.47. The summed E-state index contributed by atoms with van der Waals surface area (Å²) in [5.74, 6) is 1.01. The molecule has 0 N–H and O–H groups in total. The topological polar surface area (TPSA) is 0 Å². The molecule has 1 saturated carbocycles. The van der Waals surface area contributed by atoms with E-state index in [0.29, 0.717) is 16.0 Å². The molecule has 0 radical (unpaired) electrons. The van der Waals surface area contributed by atoms with Gasteiger partial charge in [-0.2, -0.15) is 0 Å². The van der Waals surface area contributed by atoms with Crippen LogP contribution in [0.2, 0.25) is 10.6 Å². The first-order chi connectivity index (χ1) is 6.52. The highest BCUT2D eigenvalue weighted by molar-refractivity contribution is 6.43. The first kappa shape index (κ1) is 13.1. The minimum Gasteiger partial charge on any atom is -0.0671 e. The van der Waals surface area contributed by atoms with Crippen LogP contribution in [0, 0.1) is 11.3 Å². The van der Waals surface area contributed by atoms with Crippen LogP contribution in [0.25, 0.3) is 0 Å². The third-order valence-electron chi connectivity index (χ3n) is 3.63. The molecule has 0 unspecified atom stereocenters. The lowest BCUT2D eigenvalue weighted by molar-refractivity contribution is 0.249. The minimum absolute atomic E-state index is 0.461. The van der Waals surface area contributed by atoms with Crippen LogP contribution in [-0.2, 0) is 0 Å². The Labute approximate surface area is 97.5 Å². The maximum Gasteiger partial charge on any atom is 0.133 e. The van der Waals surface area contributed by atoms with E-state index in [1.165, 1.54) is 26.5 Å². The van der Waals surface area contributed by atoms with Gasteiger partial charge in [0.15, 0.2) is 0 Å². The molecule has 15 heavy (non-hydrogen) atoms. The van der Waals surface area contributed by atoms with Gasteiger partial charge in [-0.05, 0) is 30.6 Å². The van der Waals surface area contributed by atoms with Gasteiger partial charge in [0.05, 0.1) is 0 Å². The van der Waals surface area contributed by atoms with Gasteiger partial charge >= 0.3 is 0 Å². The first-order valence-electron chi connectivity index (χ1n) is 6.52. The van der Waals surface area contributed by atoms with Crippen LogP contribution < -0.4 is 0 Å². The second-order valence-electron chi connectivity index (χ2n) is 8.34. The van der Waals surface area contributed by atoms with Gasteiger partial charge in [-0.1, -0.05) is 59.1 Å². The predicted octanol–water partition coefficient (Wildman–Crippen LogP) is 4.67. The molecule has 0 aromatic heterocycles. The fraction of sp³-hybridized carbons (Fsp3) is 1.00. The van der Waals surface area contributed by atoms with Crippen molar-refractivity contribution >= 4 is 7.28 Å². The van der Waals surface area contributed by atoms with Crippen molar-refractivity contribution < 1.29 is 0 Å². The Morgan fingerprint density at radius 2 is 1.40 bits per heavy atom. The molecule has 88 valence electrons. The molecule has 1 heteroatoms. The van der Waals surface area contributed by atoms with E-state index < -0.39 is 0 Å². The summed E-state index contributed by atoms with van der Waals surface area (Å²) in [6, 6.07) is 0. The number of rotatable bonds is 4. The number of hydrogen-bond donors (Lipinski definition) is 0. The molecule has 0 heterocycles. The summed E-state index contributed by atoms with van der Waals surface area (Å²) >= 11 is 0. The van der Waals surface area contributed by atoms with Crippen molar-refractivity contribution in [2.24, 2.45) is 11.3 Å². The normalized spacial score (nSPS) is 19.1. The zero-order valence-electron chi connectivity index (χ0n) is 11.9. The standard InChI is InChI=1S/C14H29B/c1-12(2,3)15-14(6,7)10-13(4,5)11-8-9-11/h11,15H,8-10H2,1-7H3. The fourth-order valence-electron chi connectivity index (χ4n) is 3.74. The average molecular weight is 208 g/mol. The van der Waals surface area contributed by atoms with Crippen molar-refractivity contribution in [2.75, 3.05) is 0 Å². The molecule has 0 bridgehead atoms. The molecule has 0 atom stereocenters. The first-order valence-corrected chi connectivity index (χ1v) is 6.52. The largest absolute Gasteiger partial charge is 0.133 e. The van der Waals surface area contributed by atoms with E-state index in [-0.39, 0.29) is 0 Å². The third-order valence-corrected chi connectivity index (χ3v) is 3.63. The van der Waals surface area contributed by atoms with Gasteiger partial charge in [0, 0.05) is 0 Å². The van der Waals surface area contributed by atoms with Crippen LogP contribution in [0.3, 0.4) is 0 Å². The van der Waals surface area contributed by atoms with Crippen molar-refractivity contribution in [2.45, 2.75) is 78.4 Å². The molecule has 0 nitrogen and oxygen atoms in total. The SMILES string of the molecule is CC(C)(C)BC(C)(C)CC(C)(C)C1CC1. The lowest BCUT2D eigenvalue weighted by Crippen LogP contribution is -2.28. The maximum absolute atomic E-state index is 2.47. The Morgan fingerprint density at radius 3 is 1.73 bits per heavy atom. The van der Waals surface area contributed by atoms with E-state index in [2.05, 4.69) is 48.5 Å². The predicted molar refractivity (Wildman–Crippen MR) is 72.0 cm³/mol. The monoisotopic (exact) mass is 208 g/mol. The lowest BCUT2D eigenvalue weighted by Gasteiger charge is -2.38. The highest BCUT2D eigenvalue weighted by Gasteiger charge is 2.42. The molecule has 1 fully saturated rings. The second-order valence-corrected chi connectivity index (χ2v) is 8.34. The van der Waals surface area contributed by atoms with Crippen LogP contribution in [-0.4, -0.2) is 7.28 Å². The highest BCUT2D eigenvalue weighted by Crippen LogP contribution is 2.53. The molecule has 0 aliphatic heterocycles. The van der Waals surface area contributed by atoms with Crippen molar-refractivity contribution in [3.8, 4) is 0 Å². The molecule has 0 aromatic rings. The summed E-state index contributed by atoms with van der Waals surface area (Å²) < 4.78 is 0. The Bertz CT molecular complexity index is 216. The van der Waals surface area contributed by atoms with E-state index in [9.17, 15) is 0 Å². The Kier molecular flexibility index (Phi) is 3.35. The Hall–Kier alpha value is 0.0649. The number of hydrogen-bond acceptors (Lipinski definition) is 0. The van der Waals surface area contributed by atoms with E-state index in [0.717, 1.165) is 5.92 Å². The van der Waals surface area contributed by atoms with E-state index >= 15 is 0 Å². The minimum atomic E-state index is 0.461. The molecule has 0 aromatic carbocycles. The summed E-state index contributed by atoms with van der Waals surface area (Å²) in [7, 11) is 1.33. The van der Waals surface area contributed by atoms with E-state index in [1.807, 2.05) is 0 Å². The lowest BCUT2D eigenvalue weighted by atomic mass is 9.39. The van der Waals surface area contributed by atoms with Gasteiger partial charge in [0.25, 0.3) is 0 Å². The van der Waals surface area contributed by atoms with Crippen LogP contribution in [0.4, 0.5) is 0 Å². The summed E-state index contributed by atoms with van der Waals surface area (Å²) in [5, 5.41) is 0.952. The average Bonchev–Trinajstić information content (AvgIpc) is 2.53. The Morgan fingerprint density at radius 1 is 0.933 bits per heavy atom. The van der Waals surface area contributed by atoms with Gasteiger partial charge in [0.1, 0.15) is 7.28 Å². The zero-order chi connectivity index (χ0) is 11.9. The fourth-order valence-corrected chi connectivity index (χ4v) is 3.74. The van der Waals surface area contributed by atoms with Gasteiger partial charge in [-0.3, -0.25) is 0 Å². The third kappa shape index (κ3) is 4.61. The van der Waals surface area contributed by atoms with E-state index in [4.69, 9.17) is 0 Å². The second kappa shape index (κ2) is 3.82. The van der Waals surface area contributed by atoms with Crippen LogP contribution in [0.5, 0.6) is 0 Å². The van der Waals surface area contributed by atoms with Gasteiger partial charge in [-0.15, -0.1) is 0 Å². The smallest absolute Gasteiger partial charge is 0.0671 e. The Balaban J connectivity index is 2.54. The van der Waals surface area contributed by atoms with Crippen molar-refractivity contribution in [1.82, 2.24) is 0 Å². The molecule has 1 aliphatic rings. The van der Waals surface area contributed by atoms with Crippen molar-refractivity contribution in [3.63, 3.8) is 0 Å². The summed E-state index contributed by atoms with van der Waals surface area (Å²) in [4.78, 5) is 0. The molecular formula is C14H29B. The molecular weight excluding hydrogens is 179 g/mol. The zero-order valence-corrected chi connectivity index (χ0v) is 11.9. The molecule has 0 saturated heterocycles. The summed E-state index contributed by atoms with van der Waals surface area (Å²) in [6.07, 6.45) is 4.32. The van der Waals surface area contributed by atoms with Crippen molar-refractivity contribution in [1.29, 1.82) is 0 Å². The summed E-state index contributed by atoms with van der Waals surface area (Å²) in [6.45, 7) is 16.9. The highest BCUT2D eigenvalue weighted by atomic mass is 14.4. The molecule has 0 amide bonds. The van der Waals surface area contributed by atoms with Gasteiger partial charge < -0.3 is 0 Å². The molecule has 1 rings (SSSR count). The van der Waals surface area contributed by atoms with Crippen LogP contribution in [0.15, 0.2) is 0 Å². The van der Waals surface area contributed by atoms with E-state index in [1.54, 1.807) is 0 Å². The quantitative estimate of drug-likeness (QED) is 0.589. The van der Waals surface area contributed by atoms with Crippen LogP contribution >= 0.6 is 0 Å².